The molecule has 3 aromatic rings. The lowest BCUT2D eigenvalue weighted by molar-refractivity contribution is -0.140. The summed E-state index contributed by atoms with van der Waals surface area (Å²) in [5.74, 6) is -0.00423. The van der Waals surface area contributed by atoms with Crippen molar-refractivity contribution in [1.82, 2.24) is 10.2 Å². The van der Waals surface area contributed by atoms with Crippen molar-refractivity contribution in [2.75, 3.05) is 24.5 Å². The third-order valence-electron chi connectivity index (χ3n) is 6.61. The standard InChI is InChI=1S/C31H38ClN3O5S/c1-6-29(31(37)33-19-22(2)3)34(20-24-11-10-12-26(17-24)40-5)30(36)21-35(25-16-15-23(4)28(32)18-25)41(38,39)27-13-8-7-9-14-27/h7-18,22,29H,6,19-21H2,1-5H3,(H,33,37)/t29-/m0/s1. The van der Waals surface area contributed by atoms with Gasteiger partial charge in [-0.25, -0.2) is 8.42 Å². The number of halogens is 1. The zero-order valence-electron chi connectivity index (χ0n) is 24.1. The lowest BCUT2D eigenvalue weighted by Gasteiger charge is -2.33. The summed E-state index contributed by atoms with van der Waals surface area (Å²) in [6, 6.07) is 19.2. The number of ether oxygens (including phenoxy) is 1. The summed E-state index contributed by atoms with van der Waals surface area (Å²) in [5.41, 5.74) is 1.76. The van der Waals surface area contributed by atoms with Gasteiger partial charge in [0, 0.05) is 18.1 Å². The summed E-state index contributed by atoms with van der Waals surface area (Å²) in [5, 5.41) is 3.30. The number of hydrogen-bond acceptors (Lipinski definition) is 5. The van der Waals surface area contributed by atoms with Crippen LogP contribution in [0.5, 0.6) is 5.75 Å². The molecule has 0 heterocycles. The summed E-state index contributed by atoms with van der Waals surface area (Å²) in [6.07, 6.45) is 0.335. The van der Waals surface area contributed by atoms with E-state index in [1.165, 1.54) is 23.1 Å². The third-order valence-corrected chi connectivity index (χ3v) is 8.81. The van der Waals surface area contributed by atoms with E-state index in [4.69, 9.17) is 16.3 Å². The van der Waals surface area contributed by atoms with Gasteiger partial charge in [-0.1, -0.05) is 68.8 Å². The van der Waals surface area contributed by atoms with Crippen molar-refractivity contribution in [3.63, 3.8) is 0 Å². The van der Waals surface area contributed by atoms with Crippen LogP contribution in [-0.2, 0) is 26.2 Å². The maximum atomic E-state index is 14.1. The number of carbonyl (C=O) groups excluding carboxylic acids is 2. The Balaban J connectivity index is 2.07. The number of rotatable bonds is 13. The number of amides is 2. The fraction of sp³-hybridized carbons (Fsp3) is 0.355. The van der Waals surface area contributed by atoms with Gasteiger partial charge in [-0.15, -0.1) is 0 Å². The number of carbonyl (C=O) groups is 2. The van der Waals surface area contributed by atoms with E-state index in [2.05, 4.69) is 5.32 Å². The molecule has 220 valence electrons. The molecule has 10 heteroatoms. The molecule has 0 spiro atoms. The molecular weight excluding hydrogens is 562 g/mol. The monoisotopic (exact) mass is 599 g/mol. The van der Waals surface area contributed by atoms with Crippen LogP contribution in [0.4, 0.5) is 5.69 Å². The maximum absolute atomic E-state index is 14.1. The minimum atomic E-state index is -4.16. The SMILES string of the molecule is CC[C@@H](C(=O)NCC(C)C)N(Cc1cccc(OC)c1)C(=O)CN(c1ccc(C)c(Cl)c1)S(=O)(=O)c1ccccc1. The van der Waals surface area contributed by atoms with Crippen LogP contribution in [0, 0.1) is 12.8 Å². The highest BCUT2D eigenvalue weighted by Gasteiger charge is 2.33. The van der Waals surface area contributed by atoms with Crippen molar-refractivity contribution in [2.45, 2.75) is 51.6 Å². The van der Waals surface area contributed by atoms with Crippen LogP contribution < -0.4 is 14.4 Å². The second-order valence-electron chi connectivity index (χ2n) is 10.2. The Kier molecular flexibility index (Phi) is 11.2. The highest BCUT2D eigenvalue weighted by Crippen LogP contribution is 2.29. The quantitative estimate of drug-likeness (QED) is 0.283. The van der Waals surface area contributed by atoms with Crippen LogP contribution >= 0.6 is 11.6 Å². The Labute approximate surface area is 248 Å². The van der Waals surface area contributed by atoms with Crippen molar-refractivity contribution in [3.05, 3.63) is 88.9 Å². The topological polar surface area (TPSA) is 96.0 Å². The third kappa shape index (κ3) is 8.24. The predicted molar refractivity (Wildman–Crippen MR) is 163 cm³/mol. The lowest BCUT2D eigenvalue weighted by Crippen LogP contribution is -2.52. The average Bonchev–Trinajstić information content (AvgIpc) is 2.96. The molecule has 0 aliphatic heterocycles. The first-order valence-electron chi connectivity index (χ1n) is 13.5. The summed E-state index contributed by atoms with van der Waals surface area (Å²) in [6.45, 7) is 7.60. The van der Waals surface area contributed by atoms with E-state index in [1.54, 1.807) is 55.6 Å². The van der Waals surface area contributed by atoms with Gasteiger partial charge in [0.25, 0.3) is 10.0 Å². The van der Waals surface area contributed by atoms with E-state index in [1.807, 2.05) is 33.8 Å². The van der Waals surface area contributed by atoms with Crippen LogP contribution in [0.2, 0.25) is 5.02 Å². The first-order valence-corrected chi connectivity index (χ1v) is 15.3. The van der Waals surface area contributed by atoms with E-state index in [9.17, 15) is 18.0 Å². The average molecular weight is 600 g/mol. The van der Waals surface area contributed by atoms with Crippen LogP contribution in [-0.4, -0.2) is 51.4 Å². The van der Waals surface area contributed by atoms with Crippen LogP contribution in [0.25, 0.3) is 0 Å². The number of nitrogens with zero attached hydrogens (tertiary/aromatic N) is 2. The number of benzene rings is 3. The molecule has 0 unspecified atom stereocenters. The molecule has 0 bridgehead atoms. The van der Waals surface area contributed by atoms with Crippen molar-refractivity contribution in [2.24, 2.45) is 5.92 Å². The van der Waals surface area contributed by atoms with Gasteiger partial charge in [-0.3, -0.25) is 13.9 Å². The van der Waals surface area contributed by atoms with Gasteiger partial charge >= 0.3 is 0 Å². The molecule has 0 aliphatic carbocycles. The van der Waals surface area contributed by atoms with E-state index < -0.39 is 28.5 Å². The zero-order valence-corrected chi connectivity index (χ0v) is 25.7. The van der Waals surface area contributed by atoms with Crippen LogP contribution in [0.15, 0.2) is 77.7 Å². The molecular formula is C31H38ClN3O5S. The van der Waals surface area contributed by atoms with Gasteiger partial charge in [0.1, 0.15) is 18.3 Å². The van der Waals surface area contributed by atoms with Crippen molar-refractivity contribution in [3.8, 4) is 5.75 Å². The van der Waals surface area contributed by atoms with E-state index in [0.717, 1.165) is 15.4 Å². The smallest absolute Gasteiger partial charge is 0.264 e. The summed E-state index contributed by atoms with van der Waals surface area (Å²) in [7, 11) is -2.61. The highest BCUT2D eigenvalue weighted by molar-refractivity contribution is 7.92. The second kappa shape index (κ2) is 14.4. The molecule has 0 saturated carbocycles. The van der Waals surface area contributed by atoms with Crippen molar-refractivity contribution >= 4 is 39.1 Å². The molecule has 41 heavy (non-hydrogen) atoms. The Morgan fingerprint density at radius 2 is 1.71 bits per heavy atom. The fourth-order valence-corrected chi connectivity index (χ4v) is 5.90. The van der Waals surface area contributed by atoms with Gasteiger partial charge in [0.15, 0.2) is 0 Å². The number of nitrogens with one attached hydrogen (secondary N) is 1. The number of methoxy groups -OCH3 is 1. The summed E-state index contributed by atoms with van der Waals surface area (Å²) >= 11 is 6.38. The van der Waals surface area contributed by atoms with Gasteiger partial charge in [0.2, 0.25) is 11.8 Å². The number of anilines is 1. The van der Waals surface area contributed by atoms with Gasteiger partial charge in [0.05, 0.1) is 17.7 Å². The van der Waals surface area contributed by atoms with E-state index in [0.29, 0.717) is 23.7 Å². The van der Waals surface area contributed by atoms with Crippen LogP contribution in [0.3, 0.4) is 0 Å². The molecule has 1 atom stereocenters. The van der Waals surface area contributed by atoms with Crippen molar-refractivity contribution < 1.29 is 22.7 Å². The Morgan fingerprint density at radius 1 is 1.00 bits per heavy atom. The largest absolute Gasteiger partial charge is 0.497 e. The zero-order chi connectivity index (χ0) is 30.2. The normalized spacial score (nSPS) is 12.1. The predicted octanol–water partition coefficient (Wildman–Crippen LogP) is 5.43. The lowest BCUT2D eigenvalue weighted by atomic mass is 10.1. The highest BCUT2D eigenvalue weighted by atomic mass is 35.5. The summed E-state index contributed by atoms with van der Waals surface area (Å²) < 4.78 is 34.2. The second-order valence-corrected chi connectivity index (χ2v) is 12.5. The van der Waals surface area contributed by atoms with E-state index >= 15 is 0 Å². The first-order chi connectivity index (χ1) is 19.5. The Morgan fingerprint density at radius 3 is 2.32 bits per heavy atom. The Bertz CT molecular complexity index is 1450. The van der Waals surface area contributed by atoms with E-state index in [-0.39, 0.29) is 29.0 Å². The van der Waals surface area contributed by atoms with Crippen LogP contribution in [0.1, 0.15) is 38.3 Å². The molecule has 0 aliphatic rings. The Hall–Kier alpha value is -3.56. The van der Waals surface area contributed by atoms with Gasteiger partial charge < -0.3 is 15.0 Å². The molecule has 0 radical (unpaired) electrons. The molecule has 1 N–H and O–H groups in total. The first kappa shape index (κ1) is 32.0. The van der Waals surface area contributed by atoms with Gasteiger partial charge in [-0.2, -0.15) is 0 Å². The number of hydrogen-bond donors (Lipinski definition) is 1. The molecule has 0 fully saturated rings. The molecule has 3 rings (SSSR count). The molecule has 2 amide bonds. The number of aryl methyl sites for hydroxylation is 1. The van der Waals surface area contributed by atoms with Gasteiger partial charge in [-0.05, 0) is 66.8 Å². The maximum Gasteiger partial charge on any atom is 0.264 e. The molecule has 3 aromatic carbocycles. The molecule has 0 aromatic heterocycles. The number of sulfonamides is 1. The minimum Gasteiger partial charge on any atom is -0.497 e. The molecule has 0 saturated heterocycles. The summed E-state index contributed by atoms with van der Waals surface area (Å²) in [4.78, 5) is 28.9. The fourth-order valence-electron chi connectivity index (χ4n) is 4.29. The molecule has 8 nitrogen and oxygen atoms in total. The minimum absolute atomic E-state index is 0.0329. The van der Waals surface area contributed by atoms with Crippen molar-refractivity contribution in [1.29, 1.82) is 0 Å².